The number of aliphatic imine (C=N–C) groups is 1. The zero-order valence-corrected chi connectivity index (χ0v) is 19.3. The molecule has 3 rings (SSSR count). The van der Waals surface area contributed by atoms with Crippen LogP contribution in [0.5, 0.6) is 11.5 Å². The molecule has 0 amide bonds. The fraction of sp³-hybridized carbons (Fsp3) is 0.696. The smallest absolute Gasteiger partial charge is 0.191 e. The van der Waals surface area contributed by atoms with Crippen molar-refractivity contribution in [3.63, 3.8) is 0 Å². The summed E-state index contributed by atoms with van der Waals surface area (Å²) in [5.74, 6) is 3.43. The summed E-state index contributed by atoms with van der Waals surface area (Å²) in [5.41, 5.74) is 1.16. The highest BCUT2D eigenvalue weighted by Gasteiger charge is 2.32. The van der Waals surface area contributed by atoms with E-state index in [9.17, 15) is 0 Å². The Morgan fingerprint density at radius 1 is 1.10 bits per heavy atom. The van der Waals surface area contributed by atoms with Gasteiger partial charge in [0, 0.05) is 55.6 Å². The third-order valence-corrected chi connectivity index (χ3v) is 6.15. The summed E-state index contributed by atoms with van der Waals surface area (Å²) in [6, 6.07) is 7.07. The summed E-state index contributed by atoms with van der Waals surface area (Å²) in [6.07, 6.45) is 4.83. The van der Waals surface area contributed by atoms with Crippen LogP contribution in [0.2, 0.25) is 0 Å². The molecule has 1 aromatic rings. The molecule has 1 saturated heterocycles. The molecule has 30 heavy (non-hydrogen) atoms. The summed E-state index contributed by atoms with van der Waals surface area (Å²) in [6.45, 7) is 5.85. The number of ether oxygens (including phenoxy) is 2. The Bertz CT molecular complexity index is 673. The average molecular weight is 418 g/mol. The number of anilines is 1. The van der Waals surface area contributed by atoms with Crippen molar-refractivity contribution in [3.05, 3.63) is 18.2 Å². The summed E-state index contributed by atoms with van der Waals surface area (Å²) in [4.78, 5) is 9.65. The molecule has 0 spiro atoms. The fourth-order valence-electron chi connectivity index (χ4n) is 4.17. The summed E-state index contributed by atoms with van der Waals surface area (Å²) in [5, 5.41) is 7.10. The molecule has 1 aromatic carbocycles. The highest BCUT2D eigenvalue weighted by molar-refractivity contribution is 5.80. The molecule has 7 nitrogen and oxygen atoms in total. The monoisotopic (exact) mass is 417 g/mol. The molecule has 1 saturated carbocycles. The molecule has 0 bridgehead atoms. The number of rotatable bonds is 9. The van der Waals surface area contributed by atoms with E-state index >= 15 is 0 Å². The lowest BCUT2D eigenvalue weighted by Gasteiger charge is -2.35. The first-order valence-electron chi connectivity index (χ1n) is 11.2. The van der Waals surface area contributed by atoms with Gasteiger partial charge in [0.05, 0.1) is 20.8 Å². The number of guanidine groups is 1. The van der Waals surface area contributed by atoms with Gasteiger partial charge in [0.25, 0.3) is 0 Å². The molecule has 2 N–H and O–H groups in total. The lowest BCUT2D eigenvalue weighted by Crippen LogP contribution is -2.49. The molecule has 1 unspecified atom stereocenters. The average Bonchev–Trinajstić information content (AvgIpc) is 3.59. The van der Waals surface area contributed by atoms with Crippen LogP contribution in [0.4, 0.5) is 5.69 Å². The minimum Gasteiger partial charge on any atom is -0.497 e. The maximum absolute atomic E-state index is 5.43. The second kappa shape index (κ2) is 10.8. The van der Waals surface area contributed by atoms with E-state index in [0.29, 0.717) is 12.1 Å². The Kier molecular flexibility index (Phi) is 8.08. The van der Waals surface area contributed by atoms with Crippen molar-refractivity contribution in [2.75, 3.05) is 59.4 Å². The Morgan fingerprint density at radius 2 is 1.73 bits per heavy atom. The van der Waals surface area contributed by atoms with E-state index in [0.717, 1.165) is 68.1 Å². The first kappa shape index (κ1) is 22.5. The summed E-state index contributed by atoms with van der Waals surface area (Å²) in [7, 11) is 7.73. The van der Waals surface area contributed by atoms with Crippen LogP contribution in [-0.4, -0.2) is 77.4 Å². The molecule has 2 aliphatic rings. The van der Waals surface area contributed by atoms with Gasteiger partial charge in [-0.1, -0.05) is 0 Å². The molecule has 7 heteroatoms. The topological polar surface area (TPSA) is 61.4 Å². The third kappa shape index (κ3) is 6.17. The van der Waals surface area contributed by atoms with Crippen molar-refractivity contribution in [2.45, 2.75) is 44.7 Å². The number of nitrogens with one attached hydrogen (secondary N) is 2. The van der Waals surface area contributed by atoms with Gasteiger partial charge in [-0.3, -0.25) is 4.99 Å². The van der Waals surface area contributed by atoms with Crippen molar-refractivity contribution in [3.8, 4) is 11.5 Å². The second-order valence-electron chi connectivity index (χ2n) is 8.56. The quantitative estimate of drug-likeness (QED) is 0.476. The van der Waals surface area contributed by atoms with Crippen LogP contribution in [0.25, 0.3) is 0 Å². The molecular weight excluding hydrogens is 378 g/mol. The van der Waals surface area contributed by atoms with Gasteiger partial charge in [0.1, 0.15) is 11.5 Å². The van der Waals surface area contributed by atoms with E-state index in [-0.39, 0.29) is 0 Å². The number of hydrogen-bond acceptors (Lipinski definition) is 5. The molecule has 168 valence electrons. The standard InChI is InChI=1S/C23H39N5O2/c1-6-24-23(25-16-22(27(2)3)17-7-8-17)26-18-9-11-28(12-10-18)19-13-20(29-4)15-21(14-19)30-5/h13-15,17-18,22H,6-12,16H2,1-5H3,(H2,24,25,26). The van der Waals surface area contributed by atoms with Crippen LogP contribution in [0.3, 0.4) is 0 Å². The molecule has 1 aliphatic carbocycles. The zero-order chi connectivity index (χ0) is 21.5. The van der Waals surface area contributed by atoms with Gasteiger partial charge in [-0.2, -0.15) is 0 Å². The number of benzene rings is 1. The Labute approximate surface area is 181 Å². The van der Waals surface area contributed by atoms with Crippen molar-refractivity contribution in [1.29, 1.82) is 0 Å². The normalized spacial score (nSPS) is 19.0. The van der Waals surface area contributed by atoms with Crippen molar-refractivity contribution >= 4 is 11.6 Å². The third-order valence-electron chi connectivity index (χ3n) is 6.15. The molecule has 0 aromatic heterocycles. The Hall–Kier alpha value is -2.15. The van der Waals surface area contributed by atoms with Gasteiger partial charge in [-0.05, 0) is 52.6 Å². The summed E-state index contributed by atoms with van der Waals surface area (Å²) >= 11 is 0. The number of likely N-dealkylation sites (N-methyl/N-ethyl adjacent to an activating group) is 1. The van der Waals surface area contributed by atoms with Crippen LogP contribution >= 0.6 is 0 Å². The zero-order valence-electron chi connectivity index (χ0n) is 19.3. The lowest BCUT2D eigenvalue weighted by atomic mass is 10.0. The van der Waals surface area contributed by atoms with Gasteiger partial charge in [0.15, 0.2) is 5.96 Å². The largest absolute Gasteiger partial charge is 0.497 e. The van der Waals surface area contributed by atoms with Crippen LogP contribution in [0.1, 0.15) is 32.6 Å². The van der Waals surface area contributed by atoms with E-state index in [2.05, 4.69) is 53.6 Å². The minimum atomic E-state index is 0.435. The first-order valence-corrected chi connectivity index (χ1v) is 11.2. The van der Waals surface area contributed by atoms with Gasteiger partial charge in [-0.15, -0.1) is 0 Å². The molecule has 0 radical (unpaired) electrons. The van der Waals surface area contributed by atoms with E-state index in [4.69, 9.17) is 14.5 Å². The van der Waals surface area contributed by atoms with E-state index in [1.165, 1.54) is 12.8 Å². The van der Waals surface area contributed by atoms with Gasteiger partial charge in [-0.25, -0.2) is 0 Å². The van der Waals surface area contributed by atoms with E-state index in [1.807, 2.05) is 6.07 Å². The first-order chi connectivity index (χ1) is 14.5. The second-order valence-corrected chi connectivity index (χ2v) is 8.56. The van der Waals surface area contributed by atoms with Crippen molar-refractivity contribution in [1.82, 2.24) is 15.5 Å². The highest BCUT2D eigenvalue weighted by atomic mass is 16.5. The van der Waals surface area contributed by atoms with Gasteiger partial charge < -0.3 is 29.9 Å². The molecular formula is C23H39N5O2. The number of piperidine rings is 1. The number of nitrogens with zero attached hydrogens (tertiary/aromatic N) is 3. The van der Waals surface area contributed by atoms with E-state index in [1.54, 1.807) is 14.2 Å². The Balaban J connectivity index is 1.56. The molecule has 1 heterocycles. The van der Waals surface area contributed by atoms with Gasteiger partial charge >= 0.3 is 0 Å². The summed E-state index contributed by atoms with van der Waals surface area (Å²) < 4.78 is 10.9. The minimum absolute atomic E-state index is 0.435. The maximum Gasteiger partial charge on any atom is 0.191 e. The van der Waals surface area contributed by atoms with Crippen LogP contribution < -0.4 is 25.0 Å². The maximum atomic E-state index is 5.43. The number of hydrogen-bond donors (Lipinski definition) is 2. The van der Waals surface area contributed by atoms with Gasteiger partial charge in [0.2, 0.25) is 0 Å². The van der Waals surface area contributed by atoms with E-state index < -0.39 is 0 Å². The van der Waals surface area contributed by atoms with Crippen LogP contribution in [0, 0.1) is 5.92 Å². The molecule has 2 fully saturated rings. The predicted octanol–water partition coefficient (Wildman–Crippen LogP) is 2.57. The highest BCUT2D eigenvalue weighted by Crippen LogP contribution is 2.34. The lowest BCUT2D eigenvalue weighted by molar-refractivity contribution is 0.271. The predicted molar refractivity (Wildman–Crippen MR) is 124 cm³/mol. The van der Waals surface area contributed by atoms with Crippen molar-refractivity contribution in [2.24, 2.45) is 10.9 Å². The van der Waals surface area contributed by atoms with Crippen LogP contribution in [-0.2, 0) is 0 Å². The van der Waals surface area contributed by atoms with Crippen LogP contribution in [0.15, 0.2) is 23.2 Å². The fourth-order valence-corrected chi connectivity index (χ4v) is 4.17. The number of methoxy groups -OCH3 is 2. The Morgan fingerprint density at radius 3 is 2.23 bits per heavy atom. The molecule has 1 atom stereocenters. The van der Waals surface area contributed by atoms with Crippen molar-refractivity contribution < 1.29 is 9.47 Å². The molecule has 1 aliphatic heterocycles. The SMILES string of the molecule is CCNC(=NCC(C1CC1)N(C)C)NC1CCN(c2cc(OC)cc(OC)c2)CC1.